The quantitative estimate of drug-likeness (QED) is 0.243. The molecule has 0 saturated carbocycles. The lowest BCUT2D eigenvalue weighted by molar-refractivity contribution is -0.122. The Kier molecular flexibility index (Phi) is 7.42. The average Bonchev–Trinajstić information content (AvgIpc) is 3.61. The molecule has 1 unspecified atom stereocenters. The molecule has 5 rings (SSSR count). The molecular formula is C29H31N3O8. The molecule has 210 valence electrons. The number of imide groups is 1. The number of hydrogen-bond donors (Lipinski definition) is 3. The first-order valence-corrected chi connectivity index (χ1v) is 12.7. The minimum absolute atomic E-state index is 0.145. The van der Waals surface area contributed by atoms with Gasteiger partial charge in [-0.1, -0.05) is 0 Å². The number of H-pyrrole nitrogens is 1. The summed E-state index contributed by atoms with van der Waals surface area (Å²) in [5.41, 5.74) is 2.86. The molecule has 3 N–H and O–H groups in total. The van der Waals surface area contributed by atoms with Gasteiger partial charge in [0.05, 0.1) is 64.4 Å². The third-order valence-electron chi connectivity index (χ3n) is 6.96. The number of ether oxygens (including phenoxy) is 5. The number of rotatable bonds is 11. The van der Waals surface area contributed by atoms with E-state index in [-0.39, 0.29) is 24.3 Å². The number of fused-ring (bicyclic) bond motifs is 2. The summed E-state index contributed by atoms with van der Waals surface area (Å²) in [6, 6.07) is 7.08. The Morgan fingerprint density at radius 1 is 0.825 bits per heavy atom. The van der Waals surface area contributed by atoms with Crippen LogP contribution in [0.3, 0.4) is 0 Å². The van der Waals surface area contributed by atoms with Gasteiger partial charge in [0.2, 0.25) is 0 Å². The van der Waals surface area contributed by atoms with Crippen molar-refractivity contribution in [1.82, 2.24) is 14.9 Å². The van der Waals surface area contributed by atoms with Gasteiger partial charge in [0.15, 0.2) is 23.0 Å². The standard InChI is InChI=1S/C29H31N3O8/c1-6-40-14-15(33)12-32-13-19(17-8-23(37-3)25(39-5)10-21(17)32)27-26(28(34)31-29(27)35)18-11-30-20-9-24(38-4)22(36-2)7-16(18)20/h7-11,13,15,30,33H,6,12,14H2,1-5H3,(H,31,34,35). The summed E-state index contributed by atoms with van der Waals surface area (Å²) >= 11 is 0. The zero-order valence-electron chi connectivity index (χ0n) is 22.9. The number of methoxy groups -OCH3 is 4. The fourth-order valence-electron chi connectivity index (χ4n) is 5.13. The van der Waals surface area contributed by atoms with Gasteiger partial charge in [-0.2, -0.15) is 0 Å². The van der Waals surface area contributed by atoms with E-state index in [1.54, 1.807) is 43.8 Å². The molecule has 4 aromatic rings. The van der Waals surface area contributed by atoms with Crippen molar-refractivity contribution >= 4 is 44.8 Å². The van der Waals surface area contributed by atoms with Crippen molar-refractivity contribution in [3.63, 3.8) is 0 Å². The summed E-state index contributed by atoms with van der Waals surface area (Å²) in [7, 11) is 6.13. The monoisotopic (exact) mass is 549 g/mol. The van der Waals surface area contributed by atoms with Crippen LogP contribution in [0.4, 0.5) is 0 Å². The van der Waals surface area contributed by atoms with Crippen LogP contribution in [0.2, 0.25) is 0 Å². The number of hydrogen-bond acceptors (Lipinski definition) is 8. The van der Waals surface area contributed by atoms with Crippen molar-refractivity contribution < 1.29 is 38.4 Å². The second-order valence-electron chi connectivity index (χ2n) is 9.22. The molecule has 1 aliphatic heterocycles. The van der Waals surface area contributed by atoms with Crippen LogP contribution in [0, 0.1) is 0 Å². The topological polar surface area (TPSA) is 133 Å². The Labute approximate surface area is 230 Å². The summed E-state index contributed by atoms with van der Waals surface area (Å²) in [5.74, 6) is 0.907. The summed E-state index contributed by atoms with van der Waals surface area (Å²) in [5, 5.41) is 14.4. The molecule has 11 nitrogen and oxygen atoms in total. The van der Waals surface area contributed by atoms with Gasteiger partial charge in [0, 0.05) is 58.5 Å². The molecule has 0 bridgehead atoms. The zero-order chi connectivity index (χ0) is 28.6. The van der Waals surface area contributed by atoms with Gasteiger partial charge in [0.1, 0.15) is 0 Å². The Bertz CT molecular complexity index is 1650. The molecule has 2 aromatic heterocycles. The van der Waals surface area contributed by atoms with Gasteiger partial charge in [0.25, 0.3) is 11.8 Å². The van der Waals surface area contributed by atoms with Crippen LogP contribution in [0.1, 0.15) is 18.1 Å². The molecular weight excluding hydrogens is 518 g/mol. The number of aliphatic hydroxyl groups is 1. The molecule has 0 fully saturated rings. The summed E-state index contributed by atoms with van der Waals surface area (Å²) in [6.07, 6.45) is 2.64. The summed E-state index contributed by atoms with van der Waals surface area (Å²) in [4.78, 5) is 29.8. The predicted molar refractivity (Wildman–Crippen MR) is 149 cm³/mol. The molecule has 0 saturated heterocycles. The van der Waals surface area contributed by atoms with Crippen LogP contribution in [-0.2, 0) is 20.9 Å². The number of carbonyl (C=O) groups is 2. The van der Waals surface area contributed by atoms with E-state index in [9.17, 15) is 14.7 Å². The van der Waals surface area contributed by atoms with Crippen LogP contribution in [0.15, 0.2) is 36.7 Å². The number of carbonyl (C=O) groups excluding carboxylic acids is 2. The van der Waals surface area contributed by atoms with Crippen molar-refractivity contribution in [2.45, 2.75) is 19.6 Å². The van der Waals surface area contributed by atoms with Gasteiger partial charge < -0.3 is 38.3 Å². The average molecular weight is 550 g/mol. The smallest absolute Gasteiger partial charge is 0.259 e. The van der Waals surface area contributed by atoms with Crippen LogP contribution >= 0.6 is 0 Å². The maximum Gasteiger partial charge on any atom is 0.259 e. The van der Waals surface area contributed by atoms with Gasteiger partial charge in [-0.3, -0.25) is 14.9 Å². The number of aliphatic hydroxyl groups excluding tert-OH is 1. The van der Waals surface area contributed by atoms with Gasteiger partial charge in [-0.15, -0.1) is 0 Å². The molecule has 11 heteroatoms. The molecule has 0 spiro atoms. The Morgan fingerprint density at radius 3 is 2.02 bits per heavy atom. The lowest BCUT2D eigenvalue weighted by Crippen LogP contribution is -2.22. The highest BCUT2D eigenvalue weighted by atomic mass is 16.5. The Hall–Kier alpha value is -4.48. The van der Waals surface area contributed by atoms with Crippen molar-refractivity contribution in [3.8, 4) is 23.0 Å². The lowest BCUT2D eigenvalue weighted by Gasteiger charge is -2.13. The van der Waals surface area contributed by atoms with E-state index < -0.39 is 17.9 Å². The van der Waals surface area contributed by atoms with Crippen LogP contribution in [0.25, 0.3) is 33.0 Å². The molecule has 1 aliphatic rings. The van der Waals surface area contributed by atoms with E-state index >= 15 is 0 Å². The zero-order valence-corrected chi connectivity index (χ0v) is 22.9. The second-order valence-corrected chi connectivity index (χ2v) is 9.22. The third-order valence-corrected chi connectivity index (χ3v) is 6.96. The van der Waals surface area contributed by atoms with Gasteiger partial charge in [-0.25, -0.2) is 0 Å². The SMILES string of the molecule is CCOCC(O)Cn1cc(C2=C(c3c[nH]c4cc(OC)c(OC)cc34)C(=O)NC2=O)c2cc(OC)c(OC)cc21. The molecule has 3 heterocycles. The third kappa shape index (κ3) is 4.52. The predicted octanol–water partition coefficient (Wildman–Crippen LogP) is 3.12. The Balaban J connectivity index is 1.76. The van der Waals surface area contributed by atoms with Gasteiger partial charge >= 0.3 is 0 Å². The van der Waals surface area contributed by atoms with Crippen molar-refractivity contribution in [3.05, 3.63) is 47.8 Å². The van der Waals surface area contributed by atoms with Crippen molar-refractivity contribution in [1.29, 1.82) is 0 Å². The van der Waals surface area contributed by atoms with E-state index in [2.05, 4.69) is 10.3 Å². The Morgan fingerprint density at radius 2 is 1.40 bits per heavy atom. The first kappa shape index (κ1) is 27.1. The molecule has 2 amide bonds. The van der Waals surface area contributed by atoms with E-state index in [4.69, 9.17) is 23.7 Å². The number of benzene rings is 2. The van der Waals surface area contributed by atoms with E-state index in [1.807, 2.05) is 11.5 Å². The molecule has 0 aliphatic carbocycles. The summed E-state index contributed by atoms with van der Waals surface area (Å²) in [6.45, 7) is 2.66. The van der Waals surface area contributed by atoms with Crippen LogP contribution in [0.5, 0.6) is 23.0 Å². The second kappa shape index (κ2) is 10.9. The molecule has 2 aromatic carbocycles. The first-order valence-electron chi connectivity index (χ1n) is 12.7. The highest BCUT2D eigenvalue weighted by Crippen LogP contribution is 2.43. The molecule has 40 heavy (non-hydrogen) atoms. The fraction of sp³-hybridized carbons (Fsp3) is 0.310. The maximum absolute atomic E-state index is 13.4. The largest absolute Gasteiger partial charge is 0.493 e. The fourth-order valence-corrected chi connectivity index (χ4v) is 5.13. The molecule has 1 atom stereocenters. The van der Waals surface area contributed by atoms with E-state index in [0.717, 1.165) is 0 Å². The number of aromatic amines is 1. The van der Waals surface area contributed by atoms with Crippen molar-refractivity contribution in [2.24, 2.45) is 0 Å². The number of amides is 2. The van der Waals surface area contributed by atoms with Crippen LogP contribution < -0.4 is 24.3 Å². The lowest BCUT2D eigenvalue weighted by atomic mass is 9.95. The van der Waals surface area contributed by atoms with Gasteiger partial charge in [-0.05, 0) is 19.1 Å². The van der Waals surface area contributed by atoms with E-state index in [0.29, 0.717) is 62.5 Å². The minimum Gasteiger partial charge on any atom is -0.493 e. The van der Waals surface area contributed by atoms with Crippen LogP contribution in [-0.4, -0.2) is 74.2 Å². The highest BCUT2D eigenvalue weighted by molar-refractivity contribution is 6.50. The number of aromatic nitrogens is 2. The minimum atomic E-state index is -0.806. The normalized spacial score (nSPS) is 14.2. The van der Waals surface area contributed by atoms with Crippen molar-refractivity contribution in [2.75, 3.05) is 41.7 Å². The first-order chi connectivity index (χ1) is 19.3. The molecule has 0 radical (unpaired) electrons. The number of nitrogens with one attached hydrogen (secondary N) is 2. The van der Waals surface area contributed by atoms with E-state index in [1.165, 1.54) is 21.3 Å². The number of nitrogens with zero attached hydrogens (tertiary/aromatic N) is 1. The highest BCUT2D eigenvalue weighted by Gasteiger charge is 2.35. The maximum atomic E-state index is 13.4. The summed E-state index contributed by atoms with van der Waals surface area (Å²) < 4.78 is 29.2.